The molecule has 278 valence electrons. The topological polar surface area (TPSA) is 255 Å². The molecule has 5 rings (SSSR count). The van der Waals surface area contributed by atoms with E-state index in [2.05, 4.69) is 16.0 Å². The number of phenols is 3. The fraction of sp³-hybridized carbons (Fsp3) is 0.250. The average Bonchev–Trinajstić information content (AvgIpc) is 3.11. The molecular weight excluding hydrogens is 731 g/mol. The van der Waals surface area contributed by atoms with Crippen LogP contribution in [0, 0.1) is 11.6 Å². The fourth-order valence-corrected chi connectivity index (χ4v) is 5.90. The molecule has 53 heavy (non-hydrogen) atoms. The zero-order chi connectivity index (χ0) is 38.7. The Balaban J connectivity index is 1.28. The van der Waals surface area contributed by atoms with E-state index in [1.54, 1.807) is 0 Å². The monoisotopic (exact) mass is 759 g/mol. The van der Waals surface area contributed by atoms with Crippen LogP contribution in [-0.4, -0.2) is 110 Å². The first-order valence-electron chi connectivity index (χ1n) is 15.7. The summed E-state index contributed by atoms with van der Waals surface area (Å²) in [7, 11) is -1.98. The summed E-state index contributed by atoms with van der Waals surface area (Å²) in [5.41, 5.74) is -1.23. The zero-order valence-corrected chi connectivity index (χ0v) is 27.9. The number of carboxylic acids is 1. The number of carbonyl (C=O) groups excluding carboxylic acids is 5. The van der Waals surface area contributed by atoms with Crippen molar-refractivity contribution < 1.29 is 67.7 Å². The first kappa shape index (κ1) is 38.1. The van der Waals surface area contributed by atoms with Gasteiger partial charge in [0.05, 0.1) is 11.0 Å². The number of piperazine rings is 1. The lowest BCUT2D eigenvalue weighted by Gasteiger charge is -2.34. The van der Waals surface area contributed by atoms with Gasteiger partial charge in [0.25, 0.3) is 5.91 Å². The van der Waals surface area contributed by atoms with Gasteiger partial charge in [0.1, 0.15) is 28.9 Å². The number of nitrogens with one attached hydrogen (secondary N) is 3. The van der Waals surface area contributed by atoms with E-state index in [0.717, 1.165) is 17.0 Å². The van der Waals surface area contributed by atoms with Crippen LogP contribution in [0.1, 0.15) is 44.3 Å². The van der Waals surface area contributed by atoms with Crippen molar-refractivity contribution in [3.63, 3.8) is 0 Å². The van der Waals surface area contributed by atoms with E-state index in [-0.39, 0.29) is 55.9 Å². The summed E-state index contributed by atoms with van der Waals surface area (Å²) < 4.78 is 34.0. The summed E-state index contributed by atoms with van der Waals surface area (Å²) in [4.78, 5) is 78.5. The highest BCUT2D eigenvalue weighted by Gasteiger charge is 2.42. The van der Waals surface area contributed by atoms with Gasteiger partial charge in [-0.15, -0.1) is 0 Å². The second kappa shape index (κ2) is 15.6. The van der Waals surface area contributed by atoms with E-state index < -0.39 is 99.8 Å². The lowest BCUT2D eigenvalue weighted by molar-refractivity contribution is -0.153. The van der Waals surface area contributed by atoms with E-state index in [1.807, 2.05) is 0 Å². The first-order chi connectivity index (χ1) is 25.1. The minimum absolute atomic E-state index is 0.00255. The Labute approximate surface area is 302 Å². The largest absolute Gasteiger partial charge is 0.547 e. The van der Waals surface area contributed by atoms with Gasteiger partial charge in [0.15, 0.2) is 17.3 Å². The number of nitrogens with zero attached hydrogens (tertiary/aromatic N) is 2. The molecule has 6 amide bonds. The number of aromatic carboxylic acids is 1. The van der Waals surface area contributed by atoms with E-state index in [9.17, 15) is 63.0 Å². The van der Waals surface area contributed by atoms with E-state index in [1.165, 1.54) is 24.3 Å². The minimum Gasteiger partial charge on any atom is -0.534 e. The average molecular weight is 760 g/mol. The van der Waals surface area contributed by atoms with Gasteiger partial charge in [-0.1, -0.05) is 23.7 Å². The van der Waals surface area contributed by atoms with Gasteiger partial charge in [-0.3, -0.25) is 24.1 Å². The molecule has 21 heteroatoms. The molecule has 2 heterocycles. The van der Waals surface area contributed by atoms with Crippen molar-refractivity contribution in [2.24, 2.45) is 0 Å². The Bertz CT molecular complexity index is 2020. The number of carbonyl (C=O) groups is 6. The van der Waals surface area contributed by atoms with Crippen LogP contribution >= 0.6 is 11.6 Å². The third-order valence-electron chi connectivity index (χ3n) is 8.34. The maximum atomic E-state index is 14.6. The third-order valence-corrected chi connectivity index (χ3v) is 8.74. The second-order valence-electron chi connectivity index (χ2n) is 11.8. The maximum Gasteiger partial charge on any atom is 0.547 e. The van der Waals surface area contributed by atoms with Gasteiger partial charge in [-0.25, -0.2) is 18.4 Å². The van der Waals surface area contributed by atoms with Crippen molar-refractivity contribution in [1.29, 1.82) is 0 Å². The van der Waals surface area contributed by atoms with Crippen LogP contribution in [0.3, 0.4) is 0 Å². The van der Waals surface area contributed by atoms with Crippen molar-refractivity contribution in [1.82, 2.24) is 25.8 Å². The zero-order valence-electron chi connectivity index (χ0n) is 27.1. The van der Waals surface area contributed by atoms with E-state index in [0.29, 0.717) is 11.0 Å². The summed E-state index contributed by atoms with van der Waals surface area (Å²) >= 11 is 6.12. The van der Waals surface area contributed by atoms with Gasteiger partial charge in [-0.05, 0) is 48.7 Å². The molecule has 0 aliphatic carbocycles. The number of aromatic hydroxyl groups is 3. The number of urea groups is 1. The normalized spacial score (nSPS) is 16.0. The number of rotatable bonds is 10. The quantitative estimate of drug-likeness (QED) is 0.0619. The van der Waals surface area contributed by atoms with Crippen molar-refractivity contribution in [2.75, 3.05) is 26.2 Å². The van der Waals surface area contributed by atoms with Crippen molar-refractivity contribution in [3.05, 3.63) is 81.4 Å². The number of fused-ring (bicyclic) bond motifs is 1. The third kappa shape index (κ3) is 8.02. The maximum absolute atomic E-state index is 14.6. The number of benzene rings is 3. The van der Waals surface area contributed by atoms with Crippen LogP contribution in [-0.2, 0) is 20.8 Å². The molecule has 1 fully saturated rings. The summed E-state index contributed by atoms with van der Waals surface area (Å²) in [6.07, 6.45) is -0.124. The highest BCUT2D eigenvalue weighted by molar-refractivity contribution is 6.47. The number of hydrogen-bond acceptors (Lipinski definition) is 11. The van der Waals surface area contributed by atoms with Gasteiger partial charge >= 0.3 is 30.9 Å². The summed E-state index contributed by atoms with van der Waals surface area (Å²) in [6.45, 7) is -0.441. The molecule has 17 nitrogen and oxygen atoms in total. The molecule has 8 N–H and O–H groups in total. The van der Waals surface area contributed by atoms with Crippen LogP contribution in [0.15, 0.2) is 42.5 Å². The molecule has 0 bridgehead atoms. The molecule has 3 aromatic rings. The fourth-order valence-electron chi connectivity index (χ4n) is 5.65. The molecule has 1 unspecified atom stereocenters. The molecule has 0 radical (unpaired) electrons. The SMILES string of the molecule is O=C(NCCCN1CCN(C(=O)NC(C(=O)N[C@H]2Cc3ccc(F)c(C(=O)O)c3OB2O)c2cc(F)c(O)c(O)c2Cl)C(=O)C1=O)c1cccc(O)c1. The van der Waals surface area contributed by atoms with Gasteiger partial charge in [0, 0.05) is 37.3 Å². The molecule has 2 aliphatic rings. The number of hydrogen-bond donors (Lipinski definition) is 8. The molecule has 0 spiro atoms. The summed E-state index contributed by atoms with van der Waals surface area (Å²) in [5, 5.41) is 55.8. The molecule has 2 atom stereocenters. The lowest BCUT2D eigenvalue weighted by atomic mass is 9.72. The van der Waals surface area contributed by atoms with Crippen LogP contribution in [0.25, 0.3) is 0 Å². The van der Waals surface area contributed by atoms with E-state index in [4.69, 9.17) is 16.3 Å². The molecule has 3 aromatic carbocycles. The first-order valence-corrected chi connectivity index (χ1v) is 16.0. The highest BCUT2D eigenvalue weighted by atomic mass is 35.5. The molecule has 1 saturated heterocycles. The Morgan fingerprint density at radius 3 is 2.43 bits per heavy atom. The summed E-state index contributed by atoms with van der Waals surface area (Å²) in [6, 6.07) is 4.73. The number of amides is 6. The van der Waals surface area contributed by atoms with Crippen molar-refractivity contribution in [2.45, 2.75) is 24.8 Å². The van der Waals surface area contributed by atoms with Gasteiger partial charge in [0.2, 0.25) is 5.91 Å². The van der Waals surface area contributed by atoms with Gasteiger partial charge in [-0.2, -0.15) is 0 Å². The molecule has 0 saturated carbocycles. The van der Waals surface area contributed by atoms with Crippen molar-refractivity contribution >= 4 is 54.3 Å². The Morgan fingerprint density at radius 2 is 1.74 bits per heavy atom. The van der Waals surface area contributed by atoms with Crippen LogP contribution < -0.4 is 20.6 Å². The van der Waals surface area contributed by atoms with Crippen molar-refractivity contribution in [3.8, 4) is 23.0 Å². The molecule has 2 aliphatic heterocycles. The van der Waals surface area contributed by atoms with Crippen LogP contribution in [0.2, 0.25) is 5.02 Å². The predicted octanol–water partition coefficient (Wildman–Crippen LogP) is 0.814. The predicted molar refractivity (Wildman–Crippen MR) is 177 cm³/mol. The Hall–Kier alpha value is -6.15. The standard InChI is InChI=1S/C32H29BClF2N5O12/c34-22-17(13-19(36)24(43)25(22)44)23(28(46)38-20-12-14-5-6-18(35)21(31(49)50)26(14)53-33(20)52)39-32(51)41-10-9-40(29(47)30(41)48)8-2-7-37-27(45)15-3-1-4-16(42)11-15/h1,3-6,11,13,20,23,42-44,52H,2,7-10,12H2,(H,37,45)(H,38,46)(H,39,51)(H,49,50)/t20-,23?/m0/s1. The second-order valence-corrected chi connectivity index (χ2v) is 12.2. The number of carboxylic acid groups (broad SMARTS) is 1. The number of halogens is 3. The van der Waals surface area contributed by atoms with Crippen LogP contribution in [0.5, 0.6) is 23.0 Å². The van der Waals surface area contributed by atoms with Crippen LogP contribution in [0.4, 0.5) is 13.6 Å². The highest BCUT2D eigenvalue weighted by Crippen LogP contribution is 2.40. The minimum atomic E-state index is -2.07. The van der Waals surface area contributed by atoms with E-state index >= 15 is 0 Å². The lowest BCUT2D eigenvalue weighted by Crippen LogP contribution is -2.60. The number of imide groups is 1. The number of phenolic OH excluding ortho intramolecular Hbond substituents is 3. The Kier molecular flexibility index (Phi) is 11.2. The van der Waals surface area contributed by atoms with Gasteiger partial charge < -0.3 is 51.0 Å². The smallest absolute Gasteiger partial charge is 0.534 e. The summed E-state index contributed by atoms with van der Waals surface area (Å²) in [5.74, 6) is -12.9. The Morgan fingerprint density at radius 1 is 1.00 bits per heavy atom. The molecular formula is C32H29BClF2N5O12. The molecule has 0 aromatic heterocycles.